The number of hydrogen-bond donors (Lipinski definition) is 3. The number of aromatic nitrogens is 3. The van der Waals surface area contributed by atoms with Gasteiger partial charge in [-0.1, -0.05) is 18.2 Å². The molecule has 6 rings (SSSR count). The minimum Gasteiger partial charge on any atom is -0.392 e. The number of halogens is 1. The van der Waals surface area contributed by atoms with E-state index in [9.17, 15) is 19.1 Å². The molecule has 5 aromatic rings. The summed E-state index contributed by atoms with van der Waals surface area (Å²) in [5.74, 6) is -0.763. The molecule has 2 amide bonds. The maximum atomic E-state index is 14.8. The maximum absolute atomic E-state index is 14.8. The topological polar surface area (TPSA) is 111 Å². The van der Waals surface area contributed by atoms with E-state index in [1.54, 1.807) is 44.6 Å². The summed E-state index contributed by atoms with van der Waals surface area (Å²) in [4.78, 5) is 38.9. The summed E-state index contributed by atoms with van der Waals surface area (Å²) in [6.07, 6.45) is 5.28. The second kappa shape index (κ2) is 10.6. The fourth-order valence-electron chi connectivity index (χ4n) is 5.04. The molecule has 0 saturated heterocycles. The number of amides is 2. The van der Waals surface area contributed by atoms with Crippen LogP contribution in [0.4, 0.5) is 10.2 Å². The van der Waals surface area contributed by atoms with E-state index in [0.717, 1.165) is 40.6 Å². The number of aliphatic hydroxyl groups is 1. The van der Waals surface area contributed by atoms with Gasteiger partial charge in [-0.3, -0.25) is 9.59 Å². The molecule has 0 spiro atoms. The summed E-state index contributed by atoms with van der Waals surface area (Å²) in [7, 11) is 3.42. The SMILES string of the molecule is CN(C)C(=O)c1ccc(-c2cc3c(-c4ccnc(NC(=O)c5ccc(C6CC6)cc5F)c4CO)ccnc3[nH]2)cc1. The fraction of sp³-hybridized carbons (Fsp3) is 0.188. The zero-order valence-electron chi connectivity index (χ0n) is 22.6. The monoisotopic (exact) mass is 549 g/mol. The van der Waals surface area contributed by atoms with E-state index in [2.05, 4.69) is 20.3 Å². The molecule has 0 radical (unpaired) electrons. The van der Waals surface area contributed by atoms with Crippen LogP contribution in [0.2, 0.25) is 0 Å². The molecule has 8 nitrogen and oxygen atoms in total. The predicted molar refractivity (Wildman–Crippen MR) is 155 cm³/mol. The first-order chi connectivity index (χ1) is 19.8. The quantitative estimate of drug-likeness (QED) is 0.239. The van der Waals surface area contributed by atoms with Crippen LogP contribution in [0.3, 0.4) is 0 Å². The molecule has 3 heterocycles. The number of carbonyl (C=O) groups excluding carboxylic acids is 2. The molecule has 3 N–H and O–H groups in total. The Morgan fingerprint density at radius 3 is 2.41 bits per heavy atom. The summed E-state index contributed by atoms with van der Waals surface area (Å²) in [5, 5.41) is 13.8. The number of fused-ring (bicyclic) bond motifs is 1. The Hall–Kier alpha value is -4.89. The number of rotatable bonds is 7. The first-order valence-corrected chi connectivity index (χ1v) is 13.3. The third-order valence-corrected chi connectivity index (χ3v) is 7.40. The molecule has 1 aliphatic rings. The lowest BCUT2D eigenvalue weighted by Gasteiger charge is -2.14. The molecule has 1 saturated carbocycles. The van der Waals surface area contributed by atoms with Gasteiger partial charge in [-0.05, 0) is 83.5 Å². The van der Waals surface area contributed by atoms with Crippen molar-refractivity contribution in [3.63, 3.8) is 0 Å². The Labute approximate surface area is 235 Å². The largest absolute Gasteiger partial charge is 0.392 e. The lowest BCUT2D eigenvalue weighted by molar-refractivity contribution is 0.0827. The van der Waals surface area contributed by atoms with Crippen molar-refractivity contribution < 1.29 is 19.1 Å². The number of aliphatic hydroxyl groups excluding tert-OH is 1. The molecule has 41 heavy (non-hydrogen) atoms. The van der Waals surface area contributed by atoms with E-state index in [1.165, 1.54) is 23.2 Å². The summed E-state index contributed by atoms with van der Waals surface area (Å²) in [6.45, 7) is -0.398. The molecule has 0 unspecified atom stereocenters. The van der Waals surface area contributed by atoms with Crippen LogP contribution in [0.25, 0.3) is 33.4 Å². The number of aromatic amines is 1. The Bertz CT molecular complexity index is 1790. The number of nitrogens with zero attached hydrogens (tertiary/aromatic N) is 3. The van der Waals surface area contributed by atoms with E-state index in [4.69, 9.17) is 0 Å². The molecule has 1 fully saturated rings. The van der Waals surface area contributed by atoms with Crippen LogP contribution in [0, 0.1) is 5.82 Å². The zero-order chi connectivity index (χ0) is 28.7. The van der Waals surface area contributed by atoms with E-state index in [0.29, 0.717) is 28.3 Å². The van der Waals surface area contributed by atoms with Crippen LogP contribution in [0.5, 0.6) is 0 Å². The lowest BCUT2D eigenvalue weighted by Crippen LogP contribution is -2.21. The van der Waals surface area contributed by atoms with Gasteiger partial charge in [0.1, 0.15) is 17.3 Å². The van der Waals surface area contributed by atoms with Crippen molar-refractivity contribution in [1.82, 2.24) is 19.9 Å². The van der Waals surface area contributed by atoms with Gasteiger partial charge in [0.05, 0.1) is 12.2 Å². The van der Waals surface area contributed by atoms with Gasteiger partial charge in [0.15, 0.2) is 0 Å². The molecule has 3 aromatic heterocycles. The highest BCUT2D eigenvalue weighted by atomic mass is 19.1. The average Bonchev–Trinajstić information content (AvgIpc) is 3.74. The zero-order valence-corrected chi connectivity index (χ0v) is 22.6. The second-order valence-electron chi connectivity index (χ2n) is 10.4. The molecule has 0 atom stereocenters. The van der Waals surface area contributed by atoms with Gasteiger partial charge < -0.3 is 20.3 Å². The van der Waals surface area contributed by atoms with Crippen molar-refractivity contribution in [3.8, 4) is 22.4 Å². The third-order valence-electron chi connectivity index (χ3n) is 7.40. The molecule has 1 aliphatic carbocycles. The number of carbonyl (C=O) groups is 2. The van der Waals surface area contributed by atoms with Gasteiger partial charge >= 0.3 is 0 Å². The molecule has 9 heteroatoms. The van der Waals surface area contributed by atoms with Crippen LogP contribution in [0.15, 0.2) is 73.1 Å². The van der Waals surface area contributed by atoms with Gasteiger partial charge in [-0.25, -0.2) is 14.4 Å². The van der Waals surface area contributed by atoms with E-state index >= 15 is 0 Å². The van der Waals surface area contributed by atoms with E-state index in [1.807, 2.05) is 24.3 Å². The molecule has 0 aliphatic heterocycles. The van der Waals surface area contributed by atoms with Crippen molar-refractivity contribution >= 4 is 28.7 Å². The summed E-state index contributed by atoms with van der Waals surface area (Å²) < 4.78 is 14.8. The van der Waals surface area contributed by atoms with Crippen molar-refractivity contribution in [1.29, 1.82) is 0 Å². The molecule has 206 valence electrons. The number of hydrogen-bond acceptors (Lipinski definition) is 5. The summed E-state index contributed by atoms with van der Waals surface area (Å²) >= 11 is 0. The average molecular weight is 550 g/mol. The van der Waals surface area contributed by atoms with Crippen LogP contribution in [0.1, 0.15) is 50.6 Å². The van der Waals surface area contributed by atoms with E-state index < -0.39 is 18.3 Å². The standard InChI is InChI=1S/C32H28FN5O3/c1-38(2)32(41)20-7-5-19(6-8-20)28-16-25-22(11-13-34-29(25)36-28)23-12-14-35-30(26(23)17-39)37-31(40)24-10-9-21(15-27(24)33)18-3-4-18/h5-16,18,39H,3-4,17H2,1-2H3,(H,34,36)(H,35,37,40). The number of H-pyrrole nitrogens is 1. The summed E-state index contributed by atoms with van der Waals surface area (Å²) in [5.41, 5.74) is 5.57. The Morgan fingerprint density at radius 1 is 1.00 bits per heavy atom. The number of pyridine rings is 2. The summed E-state index contributed by atoms with van der Waals surface area (Å²) in [6, 6.07) is 17.6. The third kappa shape index (κ3) is 5.07. The Morgan fingerprint density at radius 2 is 1.73 bits per heavy atom. The maximum Gasteiger partial charge on any atom is 0.259 e. The van der Waals surface area contributed by atoms with Crippen LogP contribution < -0.4 is 5.32 Å². The van der Waals surface area contributed by atoms with Crippen molar-refractivity contribution in [3.05, 3.63) is 101 Å². The van der Waals surface area contributed by atoms with Crippen LogP contribution in [-0.2, 0) is 6.61 Å². The highest BCUT2D eigenvalue weighted by Crippen LogP contribution is 2.40. The highest BCUT2D eigenvalue weighted by Gasteiger charge is 2.25. The van der Waals surface area contributed by atoms with Crippen LogP contribution >= 0.6 is 0 Å². The Kier molecular flexibility index (Phi) is 6.80. The lowest BCUT2D eigenvalue weighted by atomic mass is 9.99. The molecule has 2 aromatic carbocycles. The second-order valence-corrected chi connectivity index (χ2v) is 10.4. The number of anilines is 1. The molecular weight excluding hydrogens is 521 g/mol. The fourth-order valence-corrected chi connectivity index (χ4v) is 5.04. The predicted octanol–water partition coefficient (Wildman–Crippen LogP) is 5.75. The minimum absolute atomic E-state index is 0.0766. The Balaban J connectivity index is 1.33. The van der Waals surface area contributed by atoms with E-state index in [-0.39, 0.29) is 17.3 Å². The number of benzene rings is 2. The minimum atomic E-state index is -0.635. The first-order valence-electron chi connectivity index (χ1n) is 13.3. The van der Waals surface area contributed by atoms with Gasteiger partial charge in [0.25, 0.3) is 11.8 Å². The smallest absolute Gasteiger partial charge is 0.259 e. The highest BCUT2D eigenvalue weighted by molar-refractivity contribution is 6.05. The normalized spacial score (nSPS) is 12.9. The van der Waals surface area contributed by atoms with Crippen molar-refractivity contribution in [2.45, 2.75) is 25.4 Å². The molecule has 0 bridgehead atoms. The van der Waals surface area contributed by atoms with Gasteiger partial charge in [0.2, 0.25) is 0 Å². The van der Waals surface area contributed by atoms with Crippen LogP contribution in [-0.4, -0.2) is 50.9 Å². The van der Waals surface area contributed by atoms with Crippen molar-refractivity contribution in [2.24, 2.45) is 0 Å². The van der Waals surface area contributed by atoms with Gasteiger partial charge in [-0.15, -0.1) is 0 Å². The van der Waals surface area contributed by atoms with Crippen molar-refractivity contribution in [2.75, 3.05) is 19.4 Å². The number of nitrogens with one attached hydrogen (secondary N) is 2. The molecular formula is C32H28FN5O3. The van der Waals surface area contributed by atoms with Gasteiger partial charge in [-0.2, -0.15) is 0 Å². The van der Waals surface area contributed by atoms with Gasteiger partial charge in [0, 0.05) is 48.7 Å². The first kappa shape index (κ1) is 26.3.